The minimum absolute atomic E-state index is 0.108. The Morgan fingerprint density at radius 2 is 1.90 bits per heavy atom. The quantitative estimate of drug-likeness (QED) is 0.853. The van der Waals surface area contributed by atoms with E-state index in [0.29, 0.717) is 12.1 Å². The first-order valence-corrected chi connectivity index (χ1v) is 7.01. The molecule has 0 unspecified atom stereocenters. The van der Waals surface area contributed by atoms with Crippen molar-refractivity contribution >= 4 is 11.7 Å². The second-order valence-electron chi connectivity index (χ2n) is 5.21. The zero-order valence-electron chi connectivity index (χ0n) is 12.6. The van der Waals surface area contributed by atoms with Crippen molar-refractivity contribution in [2.45, 2.75) is 33.4 Å². The van der Waals surface area contributed by atoms with Crippen molar-refractivity contribution in [1.82, 2.24) is 4.98 Å². The number of ether oxygens (including phenoxy) is 1. The normalized spacial score (nSPS) is 10.5. The average Bonchev–Trinajstić information content (AvgIpc) is 2.46. The molecule has 0 saturated carbocycles. The van der Waals surface area contributed by atoms with Gasteiger partial charge < -0.3 is 10.1 Å². The van der Waals surface area contributed by atoms with E-state index in [1.54, 1.807) is 12.1 Å². The molecular weight excluding hydrogens is 264 g/mol. The molecule has 0 bridgehead atoms. The van der Waals surface area contributed by atoms with Gasteiger partial charge >= 0.3 is 5.97 Å². The predicted octanol–water partition coefficient (Wildman–Crippen LogP) is 3.57. The standard InChI is InChI=1S/C17H20N2O2/c1-12(2)21-17(20)14-5-8-15(9-6-14)19-11-16-7-4-13(3)10-18-16/h4-10,12,19H,11H2,1-3H3. The SMILES string of the molecule is Cc1ccc(CNc2ccc(C(=O)OC(C)C)cc2)nc1. The van der Waals surface area contributed by atoms with E-state index in [2.05, 4.69) is 10.3 Å². The number of carbonyl (C=O) groups is 1. The number of aromatic nitrogens is 1. The van der Waals surface area contributed by atoms with E-state index >= 15 is 0 Å². The van der Waals surface area contributed by atoms with Gasteiger partial charge in [-0.3, -0.25) is 4.98 Å². The summed E-state index contributed by atoms with van der Waals surface area (Å²) in [5.41, 5.74) is 3.62. The highest BCUT2D eigenvalue weighted by Gasteiger charge is 2.08. The highest BCUT2D eigenvalue weighted by Crippen LogP contribution is 2.12. The summed E-state index contributed by atoms with van der Waals surface area (Å²) >= 11 is 0. The summed E-state index contributed by atoms with van der Waals surface area (Å²) in [5, 5.41) is 3.27. The molecule has 1 heterocycles. The molecule has 0 aliphatic heterocycles. The Hall–Kier alpha value is -2.36. The summed E-state index contributed by atoms with van der Waals surface area (Å²) in [6, 6.07) is 11.3. The van der Waals surface area contributed by atoms with Crippen molar-refractivity contribution in [3.8, 4) is 0 Å². The van der Waals surface area contributed by atoms with Gasteiger partial charge in [0.2, 0.25) is 0 Å². The summed E-state index contributed by atoms with van der Waals surface area (Å²) in [6.45, 7) is 6.33. The molecule has 0 saturated heterocycles. The van der Waals surface area contributed by atoms with Gasteiger partial charge in [0.15, 0.2) is 0 Å². The Bertz CT molecular complexity index is 589. The molecule has 1 aromatic carbocycles. The van der Waals surface area contributed by atoms with E-state index in [1.807, 2.05) is 51.2 Å². The molecule has 2 rings (SSSR count). The Labute approximate surface area is 125 Å². The number of carbonyl (C=O) groups excluding carboxylic acids is 1. The van der Waals surface area contributed by atoms with Gasteiger partial charge in [-0.25, -0.2) is 4.79 Å². The van der Waals surface area contributed by atoms with E-state index < -0.39 is 0 Å². The topological polar surface area (TPSA) is 51.2 Å². The number of rotatable bonds is 5. The molecule has 0 amide bonds. The Morgan fingerprint density at radius 1 is 1.19 bits per heavy atom. The molecule has 0 aliphatic carbocycles. The van der Waals surface area contributed by atoms with Gasteiger partial charge in [-0.15, -0.1) is 0 Å². The van der Waals surface area contributed by atoms with Crippen LogP contribution in [-0.4, -0.2) is 17.1 Å². The molecule has 2 aromatic rings. The maximum atomic E-state index is 11.7. The molecule has 1 N–H and O–H groups in total. The lowest BCUT2D eigenvalue weighted by Crippen LogP contribution is -2.11. The van der Waals surface area contributed by atoms with Gasteiger partial charge in [-0.05, 0) is 56.7 Å². The first-order chi connectivity index (χ1) is 10.0. The van der Waals surface area contributed by atoms with Crippen LogP contribution in [0.4, 0.5) is 5.69 Å². The smallest absolute Gasteiger partial charge is 0.338 e. The van der Waals surface area contributed by atoms with Crippen LogP contribution in [0.5, 0.6) is 0 Å². The number of nitrogens with one attached hydrogen (secondary N) is 1. The van der Waals surface area contributed by atoms with Gasteiger partial charge in [0.05, 0.1) is 23.9 Å². The van der Waals surface area contributed by atoms with Gasteiger partial charge in [0, 0.05) is 11.9 Å². The molecule has 0 atom stereocenters. The zero-order valence-corrected chi connectivity index (χ0v) is 12.6. The van der Waals surface area contributed by atoms with Gasteiger partial charge in [-0.1, -0.05) is 6.07 Å². The molecule has 21 heavy (non-hydrogen) atoms. The number of esters is 1. The van der Waals surface area contributed by atoms with E-state index in [9.17, 15) is 4.79 Å². The molecule has 0 aliphatic rings. The third-order valence-corrected chi connectivity index (χ3v) is 2.91. The summed E-state index contributed by atoms with van der Waals surface area (Å²) in [7, 11) is 0. The lowest BCUT2D eigenvalue weighted by Gasteiger charge is -2.09. The summed E-state index contributed by atoms with van der Waals surface area (Å²) in [4.78, 5) is 16.1. The van der Waals surface area contributed by atoms with Crippen LogP contribution >= 0.6 is 0 Å². The predicted molar refractivity (Wildman–Crippen MR) is 83.3 cm³/mol. The maximum Gasteiger partial charge on any atom is 0.338 e. The number of anilines is 1. The van der Waals surface area contributed by atoms with Gasteiger partial charge in [0.1, 0.15) is 0 Å². The highest BCUT2D eigenvalue weighted by molar-refractivity contribution is 5.89. The lowest BCUT2D eigenvalue weighted by atomic mass is 10.2. The van der Waals surface area contributed by atoms with Crippen LogP contribution < -0.4 is 5.32 Å². The summed E-state index contributed by atoms with van der Waals surface area (Å²) < 4.78 is 5.15. The van der Waals surface area contributed by atoms with Crippen LogP contribution in [0.1, 0.15) is 35.5 Å². The third-order valence-electron chi connectivity index (χ3n) is 2.91. The molecule has 0 radical (unpaired) electrons. The van der Waals surface area contributed by atoms with Crippen molar-refractivity contribution in [1.29, 1.82) is 0 Å². The molecule has 110 valence electrons. The first-order valence-electron chi connectivity index (χ1n) is 7.01. The fourth-order valence-electron chi connectivity index (χ4n) is 1.80. The van der Waals surface area contributed by atoms with Crippen LogP contribution in [-0.2, 0) is 11.3 Å². The van der Waals surface area contributed by atoms with Crippen molar-refractivity contribution in [3.05, 3.63) is 59.4 Å². The van der Waals surface area contributed by atoms with Crippen LogP contribution in [0, 0.1) is 6.92 Å². The third kappa shape index (κ3) is 4.60. The zero-order chi connectivity index (χ0) is 15.2. The maximum absolute atomic E-state index is 11.7. The van der Waals surface area contributed by atoms with Crippen LogP contribution in [0.25, 0.3) is 0 Å². The fraction of sp³-hybridized carbons (Fsp3) is 0.294. The van der Waals surface area contributed by atoms with Crippen molar-refractivity contribution in [2.75, 3.05) is 5.32 Å². The molecular formula is C17H20N2O2. The van der Waals surface area contributed by atoms with Gasteiger partial charge in [-0.2, -0.15) is 0 Å². The lowest BCUT2D eigenvalue weighted by molar-refractivity contribution is 0.0378. The Morgan fingerprint density at radius 3 is 2.48 bits per heavy atom. The van der Waals surface area contributed by atoms with E-state index in [1.165, 1.54) is 0 Å². The van der Waals surface area contributed by atoms with Crippen LogP contribution in [0.15, 0.2) is 42.6 Å². The van der Waals surface area contributed by atoms with Crippen molar-refractivity contribution < 1.29 is 9.53 Å². The Kier molecular flexibility index (Phi) is 4.93. The molecule has 4 nitrogen and oxygen atoms in total. The highest BCUT2D eigenvalue weighted by atomic mass is 16.5. The van der Waals surface area contributed by atoms with Crippen LogP contribution in [0.2, 0.25) is 0 Å². The number of nitrogens with zero attached hydrogens (tertiary/aromatic N) is 1. The van der Waals surface area contributed by atoms with E-state index in [4.69, 9.17) is 4.74 Å². The van der Waals surface area contributed by atoms with Crippen LogP contribution in [0.3, 0.4) is 0 Å². The van der Waals surface area contributed by atoms with Crippen molar-refractivity contribution in [3.63, 3.8) is 0 Å². The summed E-state index contributed by atoms with van der Waals surface area (Å²) in [6.07, 6.45) is 1.74. The first kappa shape index (κ1) is 15.0. The van der Waals surface area contributed by atoms with Crippen molar-refractivity contribution in [2.24, 2.45) is 0 Å². The number of pyridine rings is 1. The van der Waals surface area contributed by atoms with E-state index in [0.717, 1.165) is 16.9 Å². The fourth-order valence-corrected chi connectivity index (χ4v) is 1.80. The minimum atomic E-state index is -0.295. The number of aryl methyl sites for hydroxylation is 1. The number of hydrogen-bond donors (Lipinski definition) is 1. The number of hydrogen-bond acceptors (Lipinski definition) is 4. The monoisotopic (exact) mass is 284 g/mol. The second-order valence-corrected chi connectivity index (χ2v) is 5.21. The Balaban J connectivity index is 1.93. The molecule has 0 fully saturated rings. The largest absolute Gasteiger partial charge is 0.459 e. The second kappa shape index (κ2) is 6.88. The average molecular weight is 284 g/mol. The molecule has 4 heteroatoms. The van der Waals surface area contributed by atoms with Gasteiger partial charge in [0.25, 0.3) is 0 Å². The number of benzene rings is 1. The summed E-state index contributed by atoms with van der Waals surface area (Å²) in [5.74, 6) is -0.295. The van der Waals surface area contributed by atoms with E-state index in [-0.39, 0.29) is 12.1 Å². The molecule has 0 spiro atoms. The molecule has 1 aromatic heterocycles. The minimum Gasteiger partial charge on any atom is -0.459 e.